The number of phenolic OH excluding ortho intramolecular Hbond substituents is 2. The molecular weight excluding hydrogens is 280 g/mol. The maximum Gasteiger partial charge on any atom is 0.210 e. The summed E-state index contributed by atoms with van der Waals surface area (Å²) in [5.41, 5.74) is -0.462. The second-order valence-corrected chi connectivity index (χ2v) is 5.84. The summed E-state index contributed by atoms with van der Waals surface area (Å²) >= 11 is 5.96. The van der Waals surface area contributed by atoms with Gasteiger partial charge in [-0.1, -0.05) is 32.4 Å². The largest absolute Gasteiger partial charge is 0.504 e. The van der Waals surface area contributed by atoms with E-state index in [0.717, 1.165) is 0 Å². The van der Waals surface area contributed by atoms with Gasteiger partial charge in [0, 0.05) is 18.0 Å². The molecule has 0 spiro atoms. The number of Topliss-reactive ketones (excluding diaryl/α,β-unsaturated/α-hetero) is 1. The Morgan fingerprint density at radius 3 is 2.40 bits per heavy atom. The zero-order valence-electron chi connectivity index (χ0n) is 12.0. The van der Waals surface area contributed by atoms with Crippen LogP contribution in [0.15, 0.2) is 6.07 Å². The minimum Gasteiger partial charge on any atom is -0.504 e. The van der Waals surface area contributed by atoms with Crippen molar-refractivity contribution in [3.63, 3.8) is 0 Å². The summed E-state index contributed by atoms with van der Waals surface area (Å²) in [6.07, 6.45) is 0. The first-order valence-corrected chi connectivity index (χ1v) is 6.61. The minimum absolute atomic E-state index is 0.00346. The monoisotopic (exact) mass is 298 g/mol. The average Bonchev–Trinajstić information content (AvgIpc) is 2.34. The van der Waals surface area contributed by atoms with E-state index in [1.165, 1.54) is 6.07 Å². The van der Waals surface area contributed by atoms with Gasteiger partial charge >= 0.3 is 0 Å². The van der Waals surface area contributed by atoms with Gasteiger partial charge in [-0.3, -0.25) is 4.79 Å². The van der Waals surface area contributed by atoms with Gasteiger partial charge in [0.15, 0.2) is 11.5 Å². The highest BCUT2D eigenvalue weighted by Gasteiger charge is 2.30. The molecule has 0 aliphatic heterocycles. The zero-order valence-corrected chi connectivity index (χ0v) is 12.7. The molecule has 5 nitrogen and oxygen atoms in total. The van der Waals surface area contributed by atoms with Gasteiger partial charge in [0.2, 0.25) is 5.78 Å². The molecule has 0 saturated carbocycles. The molecule has 0 heterocycles. The number of aromatic hydroxyl groups is 2. The molecule has 0 bridgehead atoms. The molecule has 0 aliphatic carbocycles. The van der Waals surface area contributed by atoms with E-state index in [-0.39, 0.29) is 16.3 Å². The summed E-state index contributed by atoms with van der Waals surface area (Å²) < 4.78 is 0. The Kier molecular flexibility index (Phi) is 4.65. The molecular formula is C14H19ClN2O3. The zero-order chi connectivity index (χ0) is 15.7. The Morgan fingerprint density at radius 1 is 1.40 bits per heavy atom. The van der Waals surface area contributed by atoms with Gasteiger partial charge in [-0.2, -0.15) is 0 Å². The summed E-state index contributed by atoms with van der Waals surface area (Å²) in [5, 5.41) is 29.9. The van der Waals surface area contributed by atoms with Crippen LogP contribution in [-0.2, 0) is 0 Å². The van der Waals surface area contributed by atoms with Gasteiger partial charge in [0.25, 0.3) is 0 Å². The van der Waals surface area contributed by atoms with Crippen LogP contribution in [-0.4, -0.2) is 28.3 Å². The molecule has 110 valence electrons. The first-order valence-electron chi connectivity index (χ1n) is 6.23. The van der Waals surface area contributed by atoms with Crippen molar-refractivity contribution in [1.82, 2.24) is 0 Å². The third-order valence-electron chi connectivity index (χ3n) is 2.79. The Bertz CT molecular complexity index is 563. The number of nitrogens with one attached hydrogen (secondary N) is 2. The van der Waals surface area contributed by atoms with Crippen LogP contribution in [0.5, 0.6) is 11.5 Å². The summed E-state index contributed by atoms with van der Waals surface area (Å²) in [6.45, 7) is 7.56. The molecule has 1 rings (SSSR count). The predicted molar refractivity (Wildman–Crippen MR) is 80.5 cm³/mol. The highest BCUT2D eigenvalue weighted by Crippen LogP contribution is 2.41. The number of anilines is 1. The van der Waals surface area contributed by atoms with E-state index in [9.17, 15) is 15.0 Å². The topological polar surface area (TPSA) is 93.4 Å². The van der Waals surface area contributed by atoms with Gasteiger partial charge in [-0.25, -0.2) is 0 Å². The van der Waals surface area contributed by atoms with Crippen molar-refractivity contribution in [1.29, 1.82) is 5.41 Å². The lowest BCUT2D eigenvalue weighted by atomic mass is 9.85. The lowest BCUT2D eigenvalue weighted by Gasteiger charge is -2.21. The van der Waals surface area contributed by atoms with E-state index >= 15 is 0 Å². The van der Waals surface area contributed by atoms with E-state index in [2.05, 4.69) is 5.32 Å². The number of hydrogen-bond donors (Lipinski definition) is 4. The molecule has 4 N–H and O–H groups in total. The van der Waals surface area contributed by atoms with Crippen molar-refractivity contribution in [2.75, 3.05) is 11.9 Å². The number of carbonyl (C=O) groups is 1. The van der Waals surface area contributed by atoms with Gasteiger partial charge in [-0.15, -0.1) is 0 Å². The molecule has 0 fully saturated rings. The number of phenols is 2. The first kappa shape index (κ1) is 16.3. The number of ketones is 1. The van der Waals surface area contributed by atoms with Crippen LogP contribution in [0.25, 0.3) is 0 Å². The molecule has 0 amide bonds. The van der Waals surface area contributed by atoms with Gasteiger partial charge in [0.1, 0.15) is 0 Å². The second kappa shape index (κ2) is 5.71. The number of benzene rings is 1. The van der Waals surface area contributed by atoms with E-state index < -0.39 is 22.7 Å². The summed E-state index contributed by atoms with van der Waals surface area (Å²) in [6, 6.07) is 1.23. The number of carbonyl (C=O) groups excluding carboxylic acids is 1. The van der Waals surface area contributed by atoms with Gasteiger partial charge < -0.3 is 20.9 Å². The lowest BCUT2D eigenvalue weighted by molar-refractivity contribution is 0.105. The lowest BCUT2D eigenvalue weighted by Crippen LogP contribution is -2.28. The van der Waals surface area contributed by atoms with Crippen molar-refractivity contribution in [3.8, 4) is 11.5 Å². The molecule has 0 atom stereocenters. The number of hydrogen-bond acceptors (Lipinski definition) is 5. The maximum absolute atomic E-state index is 12.4. The minimum atomic E-state index is -0.641. The van der Waals surface area contributed by atoms with Crippen LogP contribution in [0, 0.1) is 10.8 Å². The Balaban J connectivity index is 3.47. The van der Waals surface area contributed by atoms with Crippen molar-refractivity contribution in [2.45, 2.75) is 27.7 Å². The number of rotatable bonds is 4. The summed E-state index contributed by atoms with van der Waals surface area (Å²) in [4.78, 5) is 12.4. The van der Waals surface area contributed by atoms with Crippen molar-refractivity contribution < 1.29 is 15.0 Å². The first-order chi connectivity index (χ1) is 9.11. The van der Waals surface area contributed by atoms with Gasteiger partial charge in [-0.05, 0) is 6.92 Å². The molecule has 0 aliphatic rings. The highest BCUT2D eigenvalue weighted by molar-refractivity contribution is 6.51. The molecule has 6 heteroatoms. The van der Waals surface area contributed by atoms with E-state index in [1.54, 1.807) is 20.8 Å². The predicted octanol–water partition coefficient (Wildman–Crippen LogP) is 3.43. The average molecular weight is 299 g/mol. The second-order valence-electron chi connectivity index (χ2n) is 5.47. The Labute approximate surface area is 123 Å². The van der Waals surface area contributed by atoms with Gasteiger partial charge in [0.05, 0.1) is 22.0 Å². The number of halogens is 1. The summed E-state index contributed by atoms with van der Waals surface area (Å²) in [5.74, 6) is -1.54. The molecule has 0 unspecified atom stereocenters. The molecule has 0 saturated heterocycles. The smallest absolute Gasteiger partial charge is 0.210 e. The SMILES string of the molecule is CCNc1cc(O)c(O)c(Cl)c1C(=O)C(=N)C(C)(C)C. The molecule has 1 aromatic rings. The standard InChI is InChI=1S/C14H19ClN2O3/c1-5-17-7-6-8(18)11(19)10(15)9(7)12(20)13(16)14(2,3)4/h6,16-19H,5H2,1-4H3. The van der Waals surface area contributed by atoms with Crippen molar-refractivity contribution in [3.05, 3.63) is 16.7 Å². The molecule has 20 heavy (non-hydrogen) atoms. The quantitative estimate of drug-likeness (QED) is 0.296. The fourth-order valence-corrected chi connectivity index (χ4v) is 1.93. The maximum atomic E-state index is 12.4. The molecule has 1 aromatic carbocycles. The van der Waals surface area contributed by atoms with Crippen LogP contribution in [0.3, 0.4) is 0 Å². The van der Waals surface area contributed by atoms with E-state index in [4.69, 9.17) is 17.0 Å². The summed E-state index contributed by atoms with van der Waals surface area (Å²) in [7, 11) is 0. The fraction of sp³-hybridized carbons (Fsp3) is 0.429. The normalized spacial score (nSPS) is 11.2. The van der Waals surface area contributed by atoms with Crippen LogP contribution in [0.2, 0.25) is 5.02 Å². The fourth-order valence-electron chi connectivity index (χ4n) is 1.64. The van der Waals surface area contributed by atoms with Crippen LogP contribution >= 0.6 is 11.6 Å². The molecule has 0 aromatic heterocycles. The van der Waals surface area contributed by atoms with Crippen molar-refractivity contribution >= 4 is 28.8 Å². The third kappa shape index (κ3) is 3.04. The Hall–Kier alpha value is -1.75. The van der Waals surface area contributed by atoms with Crippen LogP contribution < -0.4 is 5.32 Å². The molecule has 0 radical (unpaired) electrons. The Morgan fingerprint density at radius 2 is 1.95 bits per heavy atom. The van der Waals surface area contributed by atoms with Crippen LogP contribution in [0.4, 0.5) is 5.69 Å². The van der Waals surface area contributed by atoms with E-state index in [1.807, 2.05) is 6.92 Å². The van der Waals surface area contributed by atoms with Crippen molar-refractivity contribution in [2.24, 2.45) is 5.41 Å². The highest BCUT2D eigenvalue weighted by atomic mass is 35.5. The van der Waals surface area contributed by atoms with E-state index in [0.29, 0.717) is 12.2 Å². The van der Waals surface area contributed by atoms with Crippen LogP contribution in [0.1, 0.15) is 38.1 Å². The third-order valence-corrected chi connectivity index (χ3v) is 3.16.